The Balaban J connectivity index is 1.73. The Kier molecular flexibility index (Phi) is 6.71. The number of rotatable bonds is 7. The summed E-state index contributed by atoms with van der Waals surface area (Å²) in [6.45, 7) is 0. The zero-order valence-corrected chi connectivity index (χ0v) is 15.1. The maximum absolute atomic E-state index is 11.7. The molecule has 0 aliphatic carbocycles. The van der Waals surface area contributed by atoms with Gasteiger partial charge in [-0.15, -0.1) is 5.06 Å². The topological polar surface area (TPSA) is 92.8 Å². The van der Waals surface area contributed by atoms with Gasteiger partial charge in [0.05, 0.1) is 4.43 Å². The predicted molar refractivity (Wildman–Crippen MR) is 94.1 cm³/mol. The minimum atomic E-state index is -0.593. The highest BCUT2D eigenvalue weighted by Crippen LogP contribution is 2.15. The molecule has 1 N–H and O–H groups in total. The van der Waals surface area contributed by atoms with Gasteiger partial charge in [-0.3, -0.25) is 14.4 Å². The van der Waals surface area contributed by atoms with Crippen molar-refractivity contribution in [3.05, 3.63) is 29.8 Å². The van der Waals surface area contributed by atoms with Crippen LogP contribution in [-0.4, -0.2) is 33.2 Å². The number of alkyl halides is 1. The van der Waals surface area contributed by atoms with Gasteiger partial charge >= 0.3 is 5.97 Å². The fraction of sp³-hybridized carbons (Fsp3) is 0.375. The standard InChI is InChI=1S/C16H17IN2O5/c17-10-13(20)18-12-6-4-11(5-7-12)2-1-3-16(23)24-19-14(21)8-9-15(19)22/h4-7H,1-3,8-10H2,(H,18,20). The van der Waals surface area contributed by atoms with Gasteiger partial charge in [0, 0.05) is 24.9 Å². The molecule has 0 aromatic heterocycles. The molecule has 128 valence electrons. The van der Waals surface area contributed by atoms with E-state index in [1.807, 2.05) is 34.7 Å². The molecular formula is C16H17IN2O5. The van der Waals surface area contributed by atoms with Crippen LogP contribution in [0.25, 0.3) is 0 Å². The Bertz CT molecular complexity index is 628. The van der Waals surface area contributed by atoms with Gasteiger partial charge in [-0.2, -0.15) is 0 Å². The fourth-order valence-electron chi connectivity index (χ4n) is 2.19. The summed E-state index contributed by atoms with van der Waals surface area (Å²) in [5.74, 6) is -1.60. The lowest BCUT2D eigenvalue weighted by molar-refractivity contribution is -0.197. The summed E-state index contributed by atoms with van der Waals surface area (Å²) in [4.78, 5) is 50.4. The lowest BCUT2D eigenvalue weighted by atomic mass is 10.1. The quantitative estimate of drug-likeness (QED) is 0.395. The highest BCUT2D eigenvalue weighted by Gasteiger charge is 2.32. The van der Waals surface area contributed by atoms with Gasteiger partial charge < -0.3 is 10.2 Å². The molecule has 8 heteroatoms. The lowest BCUT2D eigenvalue weighted by Crippen LogP contribution is -2.31. The second-order valence-electron chi connectivity index (χ2n) is 5.28. The SMILES string of the molecule is O=C(CI)Nc1ccc(CCCC(=O)ON2C(=O)CCC2=O)cc1. The number of carbonyl (C=O) groups excluding carboxylic acids is 4. The van der Waals surface area contributed by atoms with E-state index in [0.717, 1.165) is 11.3 Å². The Hall–Kier alpha value is -1.97. The third-order valence-electron chi connectivity index (χ3n) is 3.40. The van der Waals surface area contributed by atoms with E-state index in [1.54, 1.807) is 12.1 Å². The Morgan fingerprint density at radius 2 is 1.75 bits per heavy atom. The third kappa shape index (κ3) is 5.29. The van der Waals surface area contributed by atoms with Crippen LogP contribution >= 0.6 is 22.6 Å². The van der Waals surface area contributed by atoms with Gasteiger partial charge in [0.15, 0.2) is 0 Å². The molecule has 2 rings (SSSR count). The summed E-state index contributed by atoms with van der Waals surface area (Å²) in [6.07, 6.45) is 1.48. The molecule has 3 amide bonds. The van der Waals surface area contributed by atoms with E-state index in [1.165, 1.54) is 0 Å². The second-order valence-corrected chi connectivity index (χ2v) is 6.04. The number of amides is 3. The third-order valence-corrected chi connectivity index (χ3v) is 4.10. The number of hydrogen-bond acceptors (Lipinski definition) is 5. The van der Waals surface area contributed by atoms with Crippen LogP contribution in [0.15, 0.2) is 24.3 Å². The van der Waals surface area contributed by atoms with Crippen LogP contribution in [0.2, 0.25) is 0 Å². The van der Waals surface area contributed by atoms with Crippen molar-refractivity contribution in [2.75, 3.05) is 9.74 Å². The summed E-state index contributed by atoms with van der Waals surface area (Å²) >= 11 is 1.99. The number of carbonyl (C=O) groups is 4. The van der Waals surface area contributed by atoms with E-state index < -0.39 is 17.8 Å². The largest absolute Gasteiger partial charge is 0.333 e. The molecule has 1 aliphatic heterocycles. The van der Waals surface area contributed by atoms with Crippen molar-refractivity contribution in [1.29, 1.82) is 0 Å². The van der Waals surface area contributed by atoms with Crippen molar-refractivity contribution in [1.82, 2.24) is 5.06 Å². The van der Waals surface area contributed by atoms with E-state index in [9.17, 15) is 19.2 Å². The van der Waals surface area contributed by atoms with Crippen LogP contribution in [-0.2, 0) is 30.4 Å². The summed E-state index contributed by atoms with van der Waals surface area (Å²) in [5, 5.41) is 3.31. The molecule has 1 heterocycles. The van der Waals surface area contributed by atoms with E-state index in [2.05, 4.69) is 5.32 Å². The van der Waals surface area contributed by atoms with Crippen molar-refractivity contribution in [2.45, 2.75) is 32.1 Å². The van der Waals surface area contributed by atoms with Gasteiger partial charge in [0.25, 0.3) is 11.8 Å². The lowest BCUT2D eigenvalue weighted by Gasteiger charge is -2.12. The van der Waals surface area contributed by atoms with Crippen LogP contribution < -0.4 is 5.32 Å². The van der Waals surface area contributed by atoms with Crippen molar-refractivity contribution in [2.24, 2.45) is 0 Å². The first-order valence-electron chi connectivity index (χ1n) is 7.51. The average Bonchev–Trinajstić information content (AvgIpc) is 2.88. The highest BCUT2D eigenvalue weighted by molar-refractivity contribution is 14.1. The molecule has 7 nitrogen and oxygen atoms in total. The molecule has 1 aromatic rings. The Morgan fingerprint density at radius 3 is 2.33 bits per heavy atom. The predicted octanol–water partition coefficient (Wildman–Crippen LogP) is 1.99. The number of benzene rings is 1. The molecule has 1 fully saturated rings. The summed E-state index contributed by atoms with van der Waals surface area (Å²) < 4.78 is 0.393. The number of aryl methyl sites for hydroxylation is 1. The normalized spacial score (nSPS) is 14.0. The van der Waals surface area contributed by atoms with Crippen LogP contribution in [0.5, 0.6) is 0 Å². The summed E-state index contributed by atoms with van der Waals surface area (Å²) in [5.41, 5.74) is 1.74. The van der Waals surface area contributed by atoms with Crippen molar-refractivity contribution in [3.63, 3.8) is 0 Å². The van der Waals surface area contributed by atoms with Crippen LogP contribution in [0, 0.1) is 0 Å². The number of nitrogens with one attached hydrogen (secondary N) is 1. The molecule has 0 atom stereocenters. The van der Waals surface area contributed by atoms with Crippen LogP contribution in [0.1, 0.15) is 31.2 Å². The summed E-state index contributed by atoms with van der Waals surface area (Å²) in [6, 6.07) is 7.36. The molecule has 0 bridgehead atoms. The monoisotopic (exact) mass is 444 g/mol. The van der Waals surface area contributed by atoms with Gasteiger partial charge in [0.1, 0.15) is 0 Å². The minimum absolute atomic E-state index is 0.0582. The van der Waals surface area contributed by atoms with Gasteiger partial charge in [0.2, 0.25) is 5.91 Å². The number of nitrogens with zero attached hydrogens (tertiary/aromatic N) is 1. The molecule has 0 radical (unpaired) electrons. The second kappa shape index (κ2) is 8.76. The first kappa shape index (κ1) is 18.4. The molecule has 1 aromatic carbocycles. The molecule has 1 saturated heterocycles. The minimum Gasteiger partial charge on any atom is -0.330 e. The van der Waals surface area contributed by atoms with Crippen molar-refractivity contribution >= 4 is 52.0 Å². The van der Waals surface area contributed by atoms with Crippen molar-refractivity contribution in [3.8, 4) is 0 Å². The number of imide groups is 1. The molecule has 0 spiro atoms. The number of anilines is 1. The zero-order valence-electron chi connectivity index (χ0n) is 12.9. The molecule has 0 saturated carbocycles. The van der Waals surface area contributed by atoms with Gasteiger partial charge in [-0.25, -0.2) is 4.79 Å². The molecule has 0 unspecified atom stereocenters. The van der Waals surface area contributed by atoms with E-state index >= 15 is 0 Å². The first-order chi connectivity index (χ1) is 11.5. The van der Waals surface area contributed by atoms with Gasteiger partial charge in [-0.1, -0.05) is 34.7 Å². The van der Waals surface area contributed by atoms with Gasteiger partial charge in [-0.05, 0) is 30.5 Å². The molecule has 1 aliphatic rings. The molecule has 24 heavy (non-hydrogen) atoms. The number of hydrogen-bond donors (Lipinski definition) is 1. The van der Waals surface area contributed by atoms with Crippen molar-refractivity contribution < 1.29 is 24.0 Å². The summed E-state index contributed by atoms with van der Waals surface area (Å²) in [7, 11) is 0. The number of halogens is 1. The van der Waals surface area contributed by atoms with Crippen LogP contribution in [0.3, 0.4) is 0 Å². The maximum atomic E-state index is 11.7. The van der Waals surface area contributed by atoms with E-state index in [-0.39, 0.29) is 25.2 Å². The smallest absolute Gasteiger partial charge is 0.330 e. The zero-order chi connectivity index (χ0) is 17.5. The van der Waals surface area contributed by atoms with E-state index in [4.69, 9.17) is 4.84 Å². The average molecular weight is 444 g/mol. The Labute approximate surface area is 152 Å². The number of hydroxylamine groups is 2. The fourth-order valence-corrected chi connectivity index (χ4v) is 2.38. The van der Waals surface area contributed by atoms with E-state index in [0.29, 0.717) is 22.3 Å². The maximum Gasteiger partial charge on any atom is 0.333 e. The highest BCUT2D eigenvalue weighted by atomic mass is 127. The Morgan fingerprint density at radius 1 is 1.12 bits per heavy atom. The molecular weight excluding hydrogens is 427 g/mol. The first-order valence-corrected chi connectivity index (χ1v) is 9.03. The van der Waals surface area contributed by atoms with Crippen LogP contribution in [0.4, 0.5) is 5.69 Å².